The number of benzene rings is 4. The smallest absolute Gasteiger partial charge is 0.202 e. The van der Waals surface area contributed by atoms with E-state index in [4.69, 9.17) is 28.9 Å². The summed E-state index contributed by atoms with van der Waals surface area (Å²) in [5, 5.41) is 17.2. The number of sulfone groups is 2. The van der Waals surface area contributed by atoms with E-state index in [9.17, 15) is 21.6 Å². The fourth-order valence-corrected chi connectivity index (χ4v) is 9.13. The van der Waals surface area contributed by atoms with Gasteiger partial charge >= 0.3 is 0 Å². The third kappa shape index (κ3) is 8.66. The van der Waals surface area contributed by atoms with Crippen molar-refractivity contribution in [2.24, 2.45) is 5.73 Å². The fraction of sp³-hybridized carbons (Fsp3) is 0.125. The summed E-state index contributed by atoms with van der Waals surface area (Å²) in [5.74, 6) is -0.597. The minimum atomic E-state index is -3.67. The van der Waals surface area contributed by atoms with Crippen LogP contribution in [-0.4, -0.2) is 62.6 Å². The molecule has 0 aliphatic carbocycles. The summed E-state index contributed by atoms with van der Waals surface area (Å²) >= 11 is 12.3. The molecule has 294 valence electrons. The van der Waals surface area contributed by atoms with Crippen LogP contribution in [0.15, 0.2) is 131 Å². The molecule has 0 saturated carbocycles. The van der Waals surface area contributed by atoms with Crippen molar-refractivity contribution in [3.8, 4) is 11.4 Å². The van der Waals surface area contributed by atoms with Crippen molar-refractivity contribution in [1.29, 1.82) is 0 Å². The highest BCUT2D eigenvalue weighted by atomic mass is 35.5. The second-order valence-electron chi connectivity index (χ2n) is 13.2. The van der Waals surface area contributed by atoms with Gasteiger partial charge in [0.05, 0.1) is 32.7 Å². The number of ketones is 1. The van der Waals surface area contributed by atoms with Crippen LogP contribution < -0.4 is 5.73 Å². The molecule has 4 aromatic carbocycles. The minimum absolute atomic E-state index is 0.124. The zero-order valence-electron chi connectivity index (χ0n) is 30.8. The molecule has 4 aromatic heterocycles. The predicted molar refractivity (Wildman–Crippen MR) is 221 cm³/mol. The lowest BCUT2D eigenvalue weighted by Gasteiger charge is -2.12. The van der Waals surface area contributed by atoms with E-state index in [2.05, 4.69) is 30.6 Å². The first-order valence-electron chi connectivity index (χ1n) is 17.5. The first-order valence-corrected chi connectivity index (χ1v) is 21.6. The first kappa shape index (κ1) is 40.3. The number of nitrogens with zero attached hydrogens (tertiary/aromatic N) is 8. The van der Waals surface area contributed by atoms with Gasteiger partial charge in [-0.25, -0.2) is 36.2 Å². The van der Waals surface area contributed by atoms with Crippen LogP contribution in [0.5, 0.6) is 0 Å². The van der Waals surface area contributed by atoms with E-state index in [1.807, 2.05) is 13.0 Å². The predicted octanol–water partition coefficient (Wildman–Crippen LogP) is 7.11. The van der Waals surface area contributed by atoms with Crippen LogP contribution in [0.3, 0.4) is 0 Å². The van der Waals surface area contributed by atoms with Crippen molar-refractivity contribution in [2.75, 3.05) is 0 Å². The number of rotatable bonds is 10. The number of aromatic nitrogens is 8. The van der Waals surface area contributed by atoms with Crippen molar-refractivity contribution < 1.29 is 21.6 Å². The summed E-state index contributed by atoms with van der Waals surface area (Å²) in [6, 6.07) is 29.4. The highest BCUT2D eigenvalue weighted by Crippen LogP contribution is 2.28. The Hall–Kier alpha value is -5.91. The van der Waals surface area contributed by atoms with Crippen LogP contribution in [0, 0.1) is 0 Å². The van der Waals surface area contributed by atoms with Crippen LogP contribution in [0.4, 0.5) is 0 Å². The van der Waals surface area contributed by atoms with Gasteiger partial charge in [-0.1, -0.05) is 70.0 Å². The highest BCUT2D eigenvalue weighted by Gasteiger charge is 2.22. The molecule has 14 nitrogen and oxygen atoms in total. The summed E-state index contributed by atoms with van der Waals surface area (Å²) in [5.41, 5.74) is 11.5. The number of hydrogen-bond acceptors (Lipinski definition) is 12. The molecular weight excluding hydrogens is 822 g/mol. The molecule has 0 spiro atoms. The average Bonchev–Trinajstić information content (AvgIpc) is 3.84. The molecule has 0 amide bonds. The Kier molecular flexibility index (Phi) is 11.5. The van der Waals surface area contributed by atoms with Gasteiger partial charge in [0.15, 0.2) is 25.5 Å². The number of Topliss-reactive ketones (excluding diaryl/α,β-unsaturated/α-hetero) is 1. The van der Waals surface area contributed by atoms with Gasteiger partial charge in [0.25, 0.3) is 0 Å². The summed E-state index contributed by atoms with van der Waals surface area (Å²) in [4.78, 5) is 20.1. The molecular formula is C40H33Cl2N9O5S2. The Balaban J connectivity index is 0.000000177. The second kappa shape index (κ2) is 16.5. The molecule has 0 bridgehead atoms. The highest BCUT2D eigenvalue weighted by molar-refractivity contribution is 7.91. The van der Waals surface area contributed by atoms with Crippen LogP contribution in [0.2, 0.25) is 10.0 Å². The summed E-state index contributed by atoms with van der Waals surface area (Å²) < 4.78 is 55.1. The maximum atomic E-state index is 13.0. The number of pyridine rings is 2. The molecule has 18 heteroatoms. The quantitative estimate of drug-likeness (QED) is 0.137. The van der Waals surface area contributed by atoms with E-state index < -0.39 is 19.7 Å². The van der Waals surface area contributed by atoms with E-state index in [0.29, 0.717) is 60.4 Å². The average molecular weight is 855 g/mol. The summed E-state index contributed by atoms with van der Waals surface area (Å²) in [7, 11) is -7.26. The Morgan fingerprint density at radius 2 is 1.09 bits per heavy atom. The standard InChI is InChI=1S/C20H18ClN5O2S.C20H15ClN4O3S/c1-13(22)14-5-8-17(9-6-14)29(27,28)12-15-4-7-16(21)11-19(15)26-18-3-2-10-23-20(18)24-25-26;1-13(26)14-5-8-17(9-6-14)29(27,28)12-15-4-7-16(21)11-19(15)25-18-3-2-10-22-20(18)23-24-25/h2-11,13H,12,22H2,1H3;2-11H,12H2,1H3. The van der Waals surface area contributed by atoms with Gasteiger partial charge < -0.3 is 5.73 Å². The van der Waals surface area contributed by atoms with E-state index in [1.54, 1.807) is 95.9 Å². The Labute approximate surface area is 343 Å². The Bertz CT molecular complexity index is 3030. The molecule has 1 atom stereocenters. The maximum absolute atomic E-state index is 13.0. The van der Waals surface area contributed by atoms with Crippen LogP contribution in [-0.2, 0) is 31.2 Å². The van der Waals surface area contributed by atoms with Crippen molar-refractivity contribution >= 4 is 71.0 Å². The number of carbonyl (C=O) groups excluding carboxylic acids is 1. The molecule has 4 heterocycles. The SMILES string of the molecule is CC(=O)c1ccc(S(=O)(=O)Cc2ccc(Cl)cc2-n2nnc3ncccc32)cc1.CC(N)c1ccc(S(=O)(=O)Cc2ccc(Cl)cc2-n2nnc3ncccc32)cc1. The lowest BCUT2D eigenvalue weighted by Crippen LogP contribution is -2.10. The number of halogens is 2. The molecule has 0 fully saturated rings. The number of nitrogens with two attached hydrogens (primary N) is 1. The van der Waals surface area contributed by atoms with Gasteiger partial charge in [0.2, 0.25) is 11.3 Å². The minimum Gasteiger partial charge on any atom is -0.324 e. The van der Waals surface area contributed by atoms with Crippen LogP contribution >= 0.6 is 23.2 Å². The Morgan fingerprint density at radius 3 is 1.50 bits per heavy atom. The lowest BCUT2D eigenvalue weighted by molar-refractivity contribution is 0.101. The third-order valence-electron chi connectivity index (χ3n) is 9.07. The molecule has 8 aromatic rings. The third-order valence-corrected chi connectivity index (χ3v) is 12.9. The fourth-order valence-electron chi connectivity index (χ4n) is 6.05. The molecule has 0 saturated heterocycles. The number of hydrogen-bond donors (Lipinski definition) is 1. The van der Waals surface area contributed by atoms with Gasteiger partial charge in [-0.15, -0.1) is 10.2 Å². The molecule has 0 aliphatic rings. The topological polar surface area (TPSA) is 199 Å². The first-order chi connectivity index (χ1) is 27.7. The van der Waals surface area contributed by atoms with E-state index in [0.717, 1.165) is 5.56 Å². The largest absolute Gasteiger partial charge is 0.324 e. The zero-order chi connectivity index (χ0) is 41.2. The van der Waals surface area contributed by atoms with Gasteiger partial charge in [0.1, 0.15) is 11.0 Å². The monoisotopic (exact) mass is 853 g/mol. The van der Waals surface area contributed by atoms with Gasteiger partial charge in [-0.3, -0.25) is 4.79 Å². The van der Waals surface area contributed by atoms with Crippen molar-refractivity contribution in [3.05, 3.63) is 154 Å². The maximum Gasteiger partial charge on any atom is 0.202 e. The van der Waals surface area contributed by atoms with E-state index in [-0.39, 0.29) is 33.1 Å². The molecule has 58 heavy (non-hydrogen) atoms. The van der Waals surface area contributed by atoms with Crippen LogP contribution in [0.1, 0.15) is 46.9 Å². The molecule has 1 unspecified atom stereocenters. The summed E-state index contributed by atoms with van der Waals surface area (Å²) in [6.45, 7) is 3.28. The molecule has 8 rings (SSSR count). The molecule has 0 aliphatic heterocycles. The summed E-state index contributed by atoms with van der Waals surface area (Å²) in [6.07, 6.45) is 3.23. The zero-order valence-corrected chi connectivity index (χ0v) is 34.0. The normalized spacial score (nSPS) is 12.3. The van der Waals surface area contributed by atoms with Gasteiger partial charge in [0, 0.05) is 34.0 Å². The van der Waals surface area contributed by atoms with E-state index in [1.165, 1.54) is 35.9 Å². The van der Waals surface area contributed by atoms with Gasteiger partial charge in [-0.05, 0) is 103 Å². The van der Waals surface area contributed by atoms with Gasteiger partial charge in [-0.2, -0.15) is 0 Å². The number of fused-ring (bicyclic) bond motifs is 2. The van der Waals surface area contributed by atoms with E-state index >= 15 is 0 Å². The second-order valence-corrected chi connectivity index (χ2v) is 18.0. The number of carbonyl (C=O) groups is 1. The molecule has 0 radical (unpaired) electrons. The lowest BCUT2D eigenvalue weighted by atomic mass is 10.1. The Morgan fingerprint density at radius 1 is 0.655 bits per heavy atom. The van der Waals surface area contributed by atoms with Crippen molar-refractivity contribution in [2.45, 2.75) is 41.2 Å². The van der Waals surface area contributed by atoms with Crippen molar-refractivity contribution in [1.82, 2.24) is 40.0 Å². The van der Waals surface area contributed by atoms with Crippen LogP contribution in [0.25, 0.3) is 33.7 Å². The van der Waals surface area contributed by atoms with Crippen molar-refractivity contribution in [3.63, 3.8) is 0 Å². The molecule has 2 N–H and O–H groups in total.